The van der Waals surface area contributed by atoms with E-state index >= 15 is 0 Å². The summed E-state index contributed by atoms with van der Waals surface area (Å²) < 4.78 is 25.0. The Morgan fingerprint density at radius 3 is 2.77 bits per heavy atom. The van der Waals surface area contributed by atoms with Crippen molar-refractivity contribution >= 4 is 26.6 Å². The normalized spacial score (nSPS) is 20.2. The van der Waals surface area contributed by atoms with Crippen molar-refractivity contribution in [2.24, 2.45) is 0 Å². The maximum absolute atomic E-state index is 12.9. The van der Waals surface area contributed by atoms with Crippen molar-refractivity contribution in [3.8, 4) is 0 Å². The van der Waals surface area contributed by atoms with Crippen LogP contribution in [0.1, 0.15) is 26.7 Å². The van der Waals surface area contributed by atoms with E-state index < -0.39 is 9.84 Å². The number of carbonyl (C=O) groups is 1. The number of rotatable bonds is 5. The number of fused-ring (bicyclic) bond motifs is 1. The standard InChI is InChI=1S/C18H23N3O4S/c1-3-13(2)21(14-8-9-26(24,25)11-14)17(22)10-20-12-19-16-7-5-4-6-15(16)18(20)23/h4-7,12-14H,3,8-11H2,1-2H3/t13-,14-/m1/s1. The zero-order valence-electron chi connectivity index (χ0n) is 15.0. The summed E-state index contributed by atoms with van der Waals surface area (Å²) in [7, 11) is -3.10. The van der Waals surface area contributed by atoms with Crippen LogP contribution in [0.15, 0.2) is 35.4 Å². The number of amides is 1. The van der Waals surface area contributed by atoms with Crippen LogP contribution in [0, 0.1) is 0 Å². The lowest BCUT2D eigenvalue weighted by molar-refractivity contribution is -0.136. The second-order valence-electron chi connectivity index (χ2n) is 6.81. The Kier molecular flexibility index (Phi) is 5.13. The highest BCUT2D eigenvalue weighted by Crippen LogP contribution is 2.21. The minimum absolute atomic E-state index is 0.00600. The van der Waals surface area contributed by atoms with Crippen molar-refractivity contribution in [2.75, 3.05) is 11.5 Å². The summed E-state index contributed by atoms with van der Waals surface area (Å²) in [5.41, 5.74) is 0.314. The number of nitrogens with zero attached hydrogens (tertiary/aromatic N) is 3. The Bertz CT molecular complexity index is 983. The Morgan fingerprint density at radius 2 is 2.12 bits per heavy atom. The van der Waals surface area contributed by atoms with Crippen LogP contribution in [0.4, 0.5) is 0 Å². The highest BCUT2D eigenvalue weighted by atomic mass is 32.2. The zero-order valence-corrected chi connectivity index (χ0v) is 15.8. The first-order chi connectivity index (χ1) is 12.3. The van der Waals surface area contributed by atoms with Crippen LogP contribution in [0.3, 0.4) is 0 Å². The summed E-state index contributed by atoms with van der Waals surface area (Å²) in [6, 6.07) is 6.57. The molecule has 1 aliphatic rings. The second kappa shape index (κ2) is 7.19. The molecule has 0 radical (unpaired) electrons. The van der Waals surface area contributed by atoms with Crippen molar-refractivity contribution in [3.63, 3.8) is 0 Å². The van der Waals surface area contributed by atoms with Gasteiger partial charge in [0.2, 0.25) is 5.91 Å². The third-order valence-electron chi connectivity index (χ3n) is 4.99. The Hall–Kier alpha value is -2.22. The van der Waals surface area contributed by atoms with Crippen LogP contribution in [0.25, 0.3) is 10.9 Å². The molecule has 0 N–H and O–H groups in total. The van der Waals surface area contributed by atoms with Crippen molar-refractivity contribution in [1.29, 1.82) is 0 Å². The SMILES string of the molecule is CC[C@@H](C)N(C(=O)Cn1cnc2ccccc2c1=O)[C@@H]1CCS(=O)(=O)C1. The number of aromatic nitrogens is 2. The van der Waals surface area contributed by atoms with Crippen LogP contribution < -0.4 is 5.56 Å². The molecule has 0 spiro atoms. The van der Waals surface area contributed by atoms with Gasteiger partial charge in [0.25, 0.3) is 5.56 Å². The van der Waals surface area contributed by atoms with E-state index in [1.54, 1.807) is 29.2 Å². The van der Waals surface area contributed by atoms with Gasteiger partial charge in [-0.25, -0.2) is 13.4 Å². The third-order valence-corrected chi connectivity index (χ3v) is 6.74. The molecule has 1 saturated heterocycles. The Balaban J connectivity index is 1.89. The van der Waals surface area contributed by atoms with Gasteiger partial charge in [0.1, 0.15) is 6.54 Å². The number of sulfone groups is 1. The molecule has 7 nitrogen and oxygen atoms in total. The first-order valence-electron chi connectivity index (χ1n) is 8.78. The summed E-state index contributed by atoms with van der Waals surface area (Å²) in [6.07, 6.45) is 2.54. The fourth-order valence-electron chi connectivity index (χ4n) is 3.45. The van der Waals surface area contributed by atoms with E-state index in [1.807, 2.05) is 13.8 Å². The molecule has 0 aliphatic carbocycles. The van der Waals surface area contributed by atoms with E-state index in [0.29, 0.717) is 23.7 Å². The summed E-state index contributed by atoms with van der Waals surface area (Å²) in [5, 5.41) is 0.460. The van der Waals surface area contributed by atoms with E-state index in [1.165, 1.54) is 10.9 Å². The molecule has 0 saturated carbocycles. The third kappa shape index (κ3) is 3.65. The average molecular weight is 377 g/mol. The van der Waals surface area contributed by atoms with E-state index in [2.05, 4.69) is 4.98 Å². The van der Waals surface area contributed by atoms with Crippen LogP contribution in [0.2, 0.25) is 0 Å². The van der Waals surface area contributed by atoms with Gasteiger partial charge < -0.3 is 4.90 Å². The highest BCUT2D eigenvalue weighted by Gasteiger charge is 2.36. The largest absolute Gasteiger partial charge is 0.334 e. The number of hydrogen-bond donors (Lipinski definition) is 0. The number of hydrogen-bond acceptors (Lipinski definition) is 5. The predicted octanol–water partition coefficient (Wildman–Crippen LogP) is 1.21. The zero-order chi connectivity index (χ0) is 18.9. The van der Waals surface area contributed by atoms with Gasteiger partial charge in [-0.05, 0) is 31.9 Å². The minimum Gasteiger partial charge on any atom is -0.334 e. The van der Waals surface area contributed by atoms with Crippen molar-refractivity contribution < 1.29 is 13.2 Å². The lowest BCUT2D eigenvalue weighted by atomic mass is 10.1. The predicted molar refractivity (Wildman–Crippen MR) is 99.7 cm³/mol. The van der Waals surface area contributed by atoms with Gasteiger partial charge in [-0.2, -0.15) is 0 Å². The summed E-state index contributed by atoms with van der Waals surface area (Å²) >= 11 is 0. The quantitative estimate of drug-likeness (QED) is 0.781. The fourth-order valence-corrected chi connectivity index (χ4v) is 5.16. The van der Waals surface area contributed by atoms with Gasteiger partial charge >= 0.3 is 0 Å². The highest BCUT2D eigenvalue weighted by molar-refractivity contribution is 7.91. The molecule has 1 aromatic heterocycles. The summed E-state index contributed by atoms with van der Waals surface area (Å²) in [6.45, 7) is 3.72. The maximum Gasteiger partial charge on any atom is 0.261 e. The van der Waals surface area contributed by atoms with E-state index in [0.717, 1.165) is 0 Å². The lowest BCUT2D eigenvalue weighted by Crippen LogP contribution is -2.48. The van der Waals surface area contributed by atoms with Crippen LogP contribution in [-0.4, -0.2) is 52.4 Å². The first kappa shape index (κ1) is 18.6. The smallest absolute Gasteiger partial charge is 0.261 e. The Labute approximate surface area is 152 Å². The molecule has 0 unspecified atom stereocenters. The van der Waals surface area contributed by atoms with Gasteiger partial charge in [-0.1, -0.05) is 19.1 Å². The molecule has 3 rings (SSSR count). The molecule has 2 atom stereocenters. The second-order valence-corrected chi connectivity index (χ2v) is 9.04. The van der Waals surface area contributed by atoms with E-state index in [-0.39, 0.29) is 41.6 Å². The molecule has 140 valence electrons. The Morgan fingerprint density at radius 1 is 1.38 bits per heavy atom. The van der Waals surface area contributed by atoms with Gasteiger partial charge in [-0.3, -0.25) is 14.2 Å². The molecule has 0 bridgehead atoms. The molecule has 8 heteroatoms. The summed E-state index contributed by atoms with van der Waals surface area (Å²) in [5.74, 6) is -0.149. The van der Waals surface area contributed by atoms with E-state index in [9.17, 15) is 18.0 Å². The van der Waals surface area contributed by atoms with Crippen molar-refractivity contribution in [1.82, 2.24) is 14.5 Å². The van der Waals surface area contributed by atoms with Crippen LogP contribution >= 0.6 is 0 Å². The van der Waals surface area contributed by atoms with Gasteiger partial charge in [0, 0.05) is 12.1 Å². The molecule has 2 heterocycles. The van der Waals surface area contributed by atoms with Gasteiger partial charge in [0.15, 0.2) is 9.84 Å². The minimum atomic E-state index is -3.10. The molecular weight excluding hydrogens is 354 g/mol. The monoisotopic (exact) mass is 377 g/mol. The fraction of sp³-hybridized carbons (Fsp3) is 0.500. The van der Waals surface area contributed by atoms with E-state index in [4.69, 9.17) is 0 Å². The molecule has 1 fully saturated rings. The number of benzene rings is 1. The maximum atomic E-state index is 12.9. The van der Waals surface area contributed by atoms with Gasteiger partial charge in [-0.15, -0.1) is 0 Å². The molecular formula is C18H23N3O4S. The molecule has 1 amide bonds. The van der Waals surface area contributed by atoms with Gasteiger partial charge in [0.05, 0.1) is 28.7 Å². The molecule has 2 aromatic rings. The molecule has 26 heavy (non-hydrogen) atoms. The number of carbonyl (C=O) groups excluding carboxylic acids is 1. The molecule has 1 aromatic carbocycles. The van der Waals surface area contributed by atoms with Crippen molar-refractivity contribution in [2.45, 2.75) is 45.3 Å². The first-order valence-corrected chi connectivity index (χ1v) is 10.6. The topological polar surface area (TPSA) is 89.3 Å². The average Bonchev–Trinajstić information content (AvgIpc) is 2.97. The molecule has 1 aliphatic heterocycles. The van der Waals surface area contributed by atoms with Crippen LogP contribution in [-0.2, 0) is 21.2 Å². The van der Waals surface area contributed by atoms with Crippen LogP contribution in [0.5, 0.6) is 0 Å². The van der Waals surface area contributed by atoms with Crippen molar-refractivity contribution in [3.05, 3.63) is 40.9 Å². The summed E-state index contributed by atoms with van der Waals surface area (Å²) in [4.78, 5) is 31.4. The number of para-hydroxylation sites is 1. The lowest BCUT2D eigenvalue weighted by Gasteiger charge is -2.33.